The molecule has 1 aliphatic rings. The Morgan fingerprint density at radius 1 is 1.31 bits per heavy atom. The third-order valence-electron chi connectivity index (χ3n) is 3.62. The second kappa shape index (κ2) is 6.05. The molecule has 0 radical (unpaired) electrons. The standard InChI is InChI=1S/C13H20INO/c1-2-10-3-5-11(6-4-10)15-9-12-7-8-13(14)16-12/h7-8,10-11,15H,2-6,9H2,1H3. The van der Waals surface area contributed by atoms with Crippen molar-refractivity contribution in [2.24, 2.45) is 5.92 Å². The topological polar surface area (TPSA) is 25.2 Å². The maximum atomic E-state index is 5.54. The summed E-state index contributed by atoms with van der Waals surface area (Å²) in [7, 11) is 0. The first-order valence-electron chi connectivity index (χ1n) is 6.25. The van der Waals surface area contributed by atoms with Crippen molar-refractivity contribution in [1.29, 1.82) is 0 Å². The first-order chi connectivity index (χ1) is 7.78. The van der Waals surface area contributed by atoms with Gasteiger partial charge in [-0.3, -0.25) is 0 Å². The lowest BCUT2D eigenvalue weighted by atomic mass is 9.84. The van der Waals surface area contributed by atoms with Crippen LogP contribution in [-0.2, 0) is 6.54 Å². The Bertz CT molecular complexity index is 315. The normalized spacial score (nSPS) is 25.9. The summed E-state index contributed by atoms with van der Waals surface area (Å²) in [5.41, 5.74) is 0. The average Bonchev–Trinajstić information content (AvgIpc) is 2.73. The van der Waals surface area contributed by atoms with Gasteiger partial charge in [-0.05, 0) is 66.3 Å². The van der Waals surface area contributed by atoms with E-state index in [-0.39, 0.29) is 0 Å². The Labute approximate surface area is 111 Å². The predicted molar refractivity (Wildman–Crippen MR) is 74.3 cm³/mol. The SMILES string of the molecule is CCC1CCC(NCc2ccc(I)o2)CC1. The van der Waals surface area contributed by atoms with Crippen LogP contribution in [0.2, 0.25) is 0 Å². The van der Waals surface area contributed by atoms with E-state index in [4.69, 9.17) is 4.42 Å². The molecule has 0 aromatic carbocycles. The van der Waals surface area contributed by atoms with Gasteiger partial charge in [-0.2, -0.15) is 0 Å². The Morgan fingerprint density at radius 3 is 2.62 bits per heavy atom. The van der Waals surface area contributed by atoms with Crippen LogP contribution >= 0.6 is 22.6 Å². The summed E-state index contributed by atoms with van der Waals surface area (Å²) in [5.74, 6) is 2.03. The third-order valence-corrected chi connectivity index (χ3v) is 4.20. The summed E-state index contributed by atoms with van der Waals surface area (Å²) in [5, 5.41) is 3.60. The molecule has 0 aliphatic heterocycles. The van der Waals surface area contributed by atoms with Gasteiger partial charge in [0.25, 0.3) is 0 Å². The van der Waals surface area contributed by atoms with Crippen molar-refractivity contribution in [3.63, 3.8) is 0 Å². The highest BCUT2D eigenvalue weighted by atomic mass is 127. The molecule has 3 heteroatoms. The minimum atomic E-state index is 0.700. The third kappa shape index (κ3) is 3.48. The Morgan fingerprint density at radius 2 is 2.06 bits per heavy atom. The van der Waals surface area contributed by atoms with Crippen LogP contribution in [0.25, 0.3) is 0 Å². The first kappa shape index (κ1) is 12.4. The molecule has 0 spiro atoms. The van der Waals surface area contributed by atoms with Crippen LogP contribution in [0, 0.1) is 9.68 Å². The smallest absolute Gasteiger partial charge is 0.164 e. The summed E-state index contributed by atoms with van der Waals surface area (Å²) in [6.45, 7) is 3.19. The maximum absolute atomic E-state index is 5.54. The van der Waals surface area contributed by atoms with Crippen molar-refractivity contribution < 1.29 is 4.42 Å². The molecule has 1 N–H and O–H groups in total. The highest BCUT2D eigenvalue weighted by molar-refractivity contribution is 14.1. The number of rotatable bonds is 4. The molecule has 0 unspecified atom stereocenters. The molecule has 1 aliphatic carbocycles. The zero-order valence-electron chi connectivity index (χ0n) is 9.84. The zero-order valence-corrected chi connectivity index (χ0v) is 12.0. The molecule has 1 fully saturated rings. The predicted octanol–water partition coefficient (Wildman–Crippen LogP) is 3.94. The zero-order chi connectivity index (χ0) is 11.4. The Kier molecular flexibility index (Phi) is 4.70. The molecule has 0 saturated heterocycles. The van der Waals surface area contributed by atoms with Crippen LogP contribution in [0.4, 0.5) is 0 Å². The molecule has 90 valence electrons. The van der Waals surface area contributed by atoms with E-state index in [0.717, 1.165) is 22.0 Å². The fraction of sp³-hybridized carbons (Fsp3) is 0.692. The summed E-state index contributed by atoms with van der Waals surface area (Å²) < 4.78 is 6.52. The van der Waals surface area contributed by atoms with Gasteiger partial charge < -0.3 is 9.73 Å². The number of halogens is 1. The lowest BCUT2D eigenvalue weighted by Gasteiger charge is -2.28. The monoisotopic (exact) mass is 333 g/mol. The maximum Gasteiger partial charge on any atom is 0.164 e. The van der Waals surface area contributed by atoms with Gasteiger partial charge in [-0.1, -0.05) is 13.3 Å². The molecule has 1 aromatic heterocycles. The molecule has 16 heavy (non-hydrogen) atoms. The molecule has 1 heterocycles. The molecular weight excluding hydrogens is 313 g/mol. The molecule has 2 nitrogen and oxygen atoms in total. The van der Waals surface area contributed by atoms with Crippen LogP contribution in [0.5, 0.6) is 0 Å². The van der Waals surface area contributed by atoms with Crippen LogP contribution < -0.4 is 5.32 Å². The lowest BCUT2D eigenvalue weighted by Crippen LogP contribution is -2.32. The second-order valence-corrected chi connectivity index (χ2v) is 5.78. The van der Waals surface area contributed by atoms with Crippen LogP contribution in [0.3, 0.4) is 0 Å². The van der Waals surface area contributed by atoms with E-state index in [2.05, 4.69) is 40.9 Å². The van der Waals surface area contributed by atoms with Crippen molar-refractivity contribution >= 4 is 22.6 Å². The minimum absolute atomic E-state index is 0.700. The second-order valence-electron chi connectivity index (χ2n) is 4.71. The molecule has 1 saturated carbocycles. The van der Waals surface area contributed by atoms with Crippen LogP contribution in [0.15, 0.2) is 16.5 Å². The van der Waals surface area contributed by atoms with E-state index in [9.17, 15) is 0 Å². The van der Waals surface area contributed by atoms with E-state index in [1.54, 1.807) is 0 Å². The van der Waals surface area contributed by atoms with E-state index in [1.165, 1.54) is 32.1 Å². The summed E-state index contributed by atoms with van der Waals surface area (Å²) >= 11 is 2.21. The summed E-state index contributed by atoms with van der Waals surface area (Å²) in [6, 6.07) is 4.78. The molecule has 0 amide bonds. The highest BCUT2D eigenvalue weighted by Crippen LogP contribution is 2.26. The highest BCUT2D eigenvalue weighted by Gasteiger charge is 2.19. The van der Waals surface area contributed by atoms with E-state index in [1.807, 2.05) is 6.07 Å². The molecule has 2 rings (SSSR count). The number of hydrogen-bond donors (Lipinski definition) is 1. The van der Waals surface area contributed by atoms with E-state index in [0.29, 0.717) is 6.04 Å². The largest absolute Gasteiger partial charge is 0.454 e. The fourth-order valence-corrected chi connectivity index (χ4v) is 2.93. The number of furan rings is 1. The summed E-state index contributed by atoms with van der Waals surface area (Å²) in [4.78, 5) is 0. The van der Waals surface area contributed by atoms with E-state index < -0.39 is 0 Å². The van der Waals surface area contributed by atoms with Gasteiger partial charge in [-0.15, -0.1) is 0 Å². The molecular formula is C13H20INO. The number of nitrogens with one attached hydrogen (secondary N) is 1. The van der Waals surface area contributed by atoms with Gasteiger partial charge in [0.1, 0.15) is 5.76 Å². The lowest BCUT2D eigenvalue weighted by molar-refractivity contribution is 0.280. The molecule has 0 atom stereocenters. The molecule has 0 bridgehead atoms. The molecule has 1 aromatic rings. The average molecular weight is 333 g/mol. The van der Waals surface area contributed by atoms with Gasteiger partial charge in [0.15, 0.2) is 3.77 Å². The van der Waals surface area contributed by atoms with Gasteiger partial charge in [-0.25, -0.2) is 0 Å². The van der Waals surface area contributed by atoms with Crippen LogP contribution in [0.1, 0.15) is 44.8 Å². The number of hydrogen-bond acceptors (Lipinski definition) is 2. The van der Waals surface area contributed by atoms with Crippen molar-refractivity contribution in [3.8, 4) is 0 Å². The Hall–Kier alpha value is -0.0300. The summed E-state index contributed by atoms with van der Waals surface area (Å²) in [6.07, 6.45) is 6.80. The van der Waals surface area contributed by atoms with E-state index >= 15 is 0 Å². The van der Waals surface area contributed by atoms with Gasteiger partial charge in [0.2, 0.25) is 0 Å². The first-order valence-corrected chi connectivity index (χ1v) is 7.33. The quantitative estimate of drug-likeness (QED) is 0.845. The van der Waals surface area contributed by atoms with Gasteiger partial charge in [0, 0.05) is 6.04 Å². The Balaban J connectivity index is 1.71. The van der Waals surface area contributed by atoms with Gasteiger partial charge in [0.05, 0.1) is 6.54 Å². The van der Waals surface area contributed by atoms with Gasteiger partial charge >= 0.3 is 0 Å². The fourth-order valence-electron chi connectivity index (χ4n) is 2.47. The minimum Gasteiger partial charge on any atom is -0.454 e. The van der Waals surface area contributed by atoms with Crippen molar-refractivity contribution in [2.75, 3.05) is 0 Å². The van der Waals surface area contributed by atoms with Crippen molar-refractivity contribution in [3.05, 3.63) is 21.7 Å². The van der Waals surface area contributed by atoms with Crippen molar-refractivity contribution in [2.45, 2.75) is 51.6 Å². The van der Waals surface area contributed by atoms with Crippen molar-refractivity contribution in [1.82, 2.24) is 5.32 Å². The van der Waals surface area contributed by atoms with Crippen LogP contribution in [-0.4, -0.2) is 6.04 Å².